The van der Waals surface area contributed by atoms with E-state index >= 15 is 0 Å². The lowest BCUT2D eigenvalue weighted by Gasteiger charge is -2.09. The second-order valence-electron chi connectivity index (χ2n) is 5.32. The SMILES string of the molecule is CC(C)OCCNCc1ccn(C2CCCC2)n1. The molecule has 18 heavy (non-hydrogen) atoms. The van der Waals surface area contributed by atoms with Crippen LogP contribution in [0.1, 0.15) is 51.3 Å². The van der Waals surface area contributed by atoms with Crippen LogP contribution in [-0.2, 0) is 11.3 Å². The Bertz CT molecular complexity index is 343. The first-order valence-electron chi connectivity index (χ1n) is 7.12. The van der Waals surface area contributed by atoms with Crippen LogP contribution in [0, 0.1) is 0 Å². The van der Waals surface area contributed by atoms with E-state index in [2.05, 4.69) is 41.2 Å². The topological polar surface area (TPSA) is 39.1 Å². The Morgan fingerprint density at radius 1 is 1.44 bits per heavy atom. The van der Waals surface area contributed by atoms with Crippen LogP contribution in [0.5, 0.6) is 0 Å². The first-order chi connectivity index (χ1) is 8.75. The van der Waals surface area contributed by atoms with E-state index in [0.29, 0.717) is 12.1 Å². The molecule has 1 saturated carbocycles. The van der Waals surface area contributed by atoms with Crippen LogP contribution in [0.3, 0.4) is 0 Å². The second-order valence-corrected chi connectivity index (χ2v) is 5.32. The molecule has 0 unspecified atom stereocenters. The van der Waals surface area contributed by atoms with Gasteiger partial charge in [-0.05, 0) is 32.8 Å². The predicted molar refractivity (Wildman–Crippen MR) is 72.5 cm³/mol. The van der Waals surface area contributed by atoms with Crippen LogP contribution in [0.4, 0.5) is 0 Å². The standard InChI is InChI=1S/C14H25N3O/c1-12(2)18-10-8-15-11-13-7-9-17(16-13)14-5-3-4-6-14/h7,9,12,14-15H,3-6,8,10-11H2,1-2H3. The first-order valence-corrected chi connectivity index (χ1v) is 7.12. The highest BCUT2D eigenvalue weighted by Crippen LogP contribution is 2.28. The summed E-state index contributed by atoms with van der Waals surface area (Å²) in [4.78, 5) is 0. The molecule has 0 aliphatic heterocycles. The molecule has 0 aromatic carbocycles. The molecular weight excluding hydrogens is 226 g/mol. The maximum atomic E-state index is 5.48. The summed E-state index contributed by atoms with van der Waals surface area (Å²) in [5.41, 5.74) is 1.13. The minimum atomic E-state index is 0.313. The third-order valence-electron chi connectivity index (χ3n) is 3.40. The number of ether oxygens (including phenoxy) is 1. The number of rotatable bonds is 7. The normalized spacial score (nSPS) is 16.8. The van der Waals surface area contributed by atoms with Crippen molar-refractivity contribution >= 4 is 0 Å². The molecule has 4 heteroatoms. The summed E-state index contributed by atoms with van der Waals surface area (Å²) in [6.45, 7) is 6.60. The summed E-state index contributed by atoms with van der Waals surface area (Å²) in [7, 11) is 0. The molecule has 1 aromatic rings. The highest BCUT2D eigenvalue weighted by atomic mass is 16.5. The van der Waals surface area contributed by atoms with E-state index in [1.807, 2.05) is 0 Å². The molecule has 0 radical (unpaired) electrons. The average molecular weight is 251 g/mol. The van der Waals surface area contributed by atoms with Gasteiger partial charge in [-0.25, -0.2) is 0 Å². The third-order valence-corrected chi connectivity index (χ3v) is 3.40. The molecule has 4 nitrogen and oxygen atoms in total. The van der Waals surface area contributed by atoms with Gasteiger partial charge in [0, 0.05) is 19.3 Å². The van der Waals surface area contributed by atoms with Crippen LogP contribution in [0.25, 0.3) is 0 Å². The zero-order chi connectivity index (χ0) is 12.8. The summed E-state index contributed by atoms with van der Waals surface area (Å²) in [5, 5.41) is 8.00. The van der Waals surface area contributed by atoms with Crippen molar-refractivity contribution in [2.45, 2.75) is 58.2 Å². The van der Waals surface area contributed by atoms with E-state index in [1.165, 1.54) is 25.7 Å². The Kier molecular flexibility index (Phi) is 5.20. The van der Waals surface area contributed by atoms with Crippen molar-refractivity contribution in [3.63, 3.8) is 0 Å². The fraction of sp³-hybridized carbons (Fsp3) is 0.786. The van der Waals surface area contributed by atoms with Gasteiger partial charge in [0.25, 0.3) is 0 Å². The van der Waals surface area contributed by atoms with E-state index < -0.39 is 0 Å². The van der Waals surface area contributed by atoms with Crippen molar-refractivity contribution in [1.82, 2.24) is 15.1 Å². The highest BCUT2D eigenvalue weighted by molar-refractivity contribution is 4.99. The molecular formula is C14H25N3O. The second kappa shape index (κ2) is 6.90. The van der Waals surface area contributed by atoms with Gasteiger partial charge in [-0.1, -0.05) is 12.8 Å². The van der Waals surface area contributed by atoms with E-state index in [-0.39, 0.29) is 0 Å². The van der Waals surface area contributed by atoms with Crippen LogP contribution < -0.4 is 5.32 Å². The van der Waals surface area contributed by atoms with Crippen molar-refractivity contribution < 1.29 is 4.74 Å². The third kappa shape index (κ3) is 4.10. The molecule has 1 aliphatic carbocycles. The quantitative estimate of drug-likeness (QED) is 0.757. The van der Waals surface area contributed by atoms with Crippen molar-refractivity contribution in [2.75, 3.05) is 13.2 Å². The molecule has 1 aliphatic rings. The van der Waals surface area contributed by atoms with Gasteiger partial charge in [0.2, 0.25) is 0 Å². The molecule has 0 amide bonds. The van der Waals surface area contributed by atoms with Crippen LogP contribution in [0.2, 0.25) is 0 Å². The monoisotopic (exact) mass is 251 g/mol. The summed E-state index contributed by atoms with van der Waals surface area (Å²) in [6.07, 6.45) is 7.72. The molecule has 1 fully saturated rings. The summed E-state index contributed by atoms with van der Waals surface area (Å²) >= 11 is 0. The Hall–Kier alpha value is -0.870. The molecule has 102 valence electrons. The van der Waals surface area contributed by atoms with Crippen molar-refractivity contribution in [2.24, 2.45) is 0 Å². The number of nitrogens with zero attached hydrogens (tertiary/aromatic N) is 2. The minimum Gasteiger partial charge on any atom is -0.377 e. The van der Waals surface area contributed by atoms with Crippen LogP contribution >= 0.6 is 0 Å². The molecule has 2 rings (SSSR count). The predicted octanol–water partition coefficient (Wildman–Crippen LogP) is 2.51. The van der Waals surface area contributed by atoms with Gasteiger partial charge < -0.3 is 10.1 Å². The highest BCUT2D eigenvalue weighted by Gasteiger charge is 2.17. The van der Waals surface area contributed by atoms with Gasteiger partial charge in [-0.2, -0.15) is 5.10 Å². The zero-order valence-electron chi connectivity index (χ0n) is 11.6. The Morgan fingerprint density at radius 3 is 2.94 bits per heavy atom. The van der Waals surface area contributed by atoms with Gasteiger partial charge in [0.05, 0.1) is 24.4 Å². The van der Waals surface area contributed by atoms with E-state index in [9.17, 15) is 0 Å². The molecule has 1 N–H and O–H groups in total. The number of aromatic nitrogens is 2. The number of nitrogens with one attached hydrogen (secondary N) is 1. The molecule has 1 aromatic heterocycles. The van der Waals surface area contributed by atoms with E-state index in [4.69, 9.17) is 4.74 Å². The van der Waals surface area contributed by atoms with Gasteiger partial charge in [-0.15, -0.1) is 0 Å². The van der Waals surface area contributed by atoms with Gasteiger partial charge in [0.15, 0.2) is 0 Å². The Morgan fingerprint density at radius 2 is 2.22 bits per heavy atom. The Balaban J connectivity index is 1.67. The lowest BCUT2D eigenvalue weighted by molar-refractivity contribution is 0.0806. The average Bonchev–Trinajstić information content (AvgIpc) is 2.98. The molecule has 0 bridgehead atoms. The molecule has 0 saturated heterocycles. The lowest BCUT2D eigenvalue weighted by Crippen LogP contribution is -2.21. The van der Waals surface area contributed by atoms with Gasteiger partial charge in [-0.3, -0.25) is 4.68 Å². The maximum Gasteiger partial charge on any atom is 0.0762 e. The number of hydrogen-bond donors (Lipinski definition) is 1. The molecule has 0 spiro atoms. The van der Waals surface area contributed by atoms with E-state index in [1.54, 1.807) is 0 Å². The fourth-order valence-corrected chi connectivity index (χ4v) is 2.43. The smallest absolute Gasteiger partial charge is 0.0762 e. The van der Waals surface area contributed by atoms with Gasteiger partial charge >= 0.3 is 0 Å². The first kappa shape index (κ1) is 13.6. The fourth-order valence-electron chi connectivity index (χ4n) is 2.43. The summed E-state index contributed by atoms with van der Waals surface area (Å²) < 4.78 is 7.63. The maximum absolute atomic E-state index is 5.48. The van der Waals surface area contributed by atoms with Crippen molar-refractivity contribution in [1.29, 1.82) is 0 Å². The van der Waals surface area contributed by atoms with Crippen molar-refractivity contribution in [3.05, 3.63) is 18.0 Å². The molecule has 0 atom stereocenters. The Labute approximate surface area is 110 Å². The largest absolute Gasteiger partial charge is 0.377 e. The molecule has 1 heterocycles. The van der Waals surface area contributed by atoms with Crippen LogP contribution in [0.15, 0.2) is 12.3 Å². The summed E-state index contributed by atoms with van der Waals surface area (Å²) in [6, 6.07) is 2.76. The van der Waals surface area contributed by atoms with Gasteiger partial charge in [0.1, 0.15) is 0 Å². The minimum absolute atomic E-state index is 0.313. The van der Waals surface area contributed by atoms with Crippen molar-refractivity contribution in [3.8, 4) is 0 Å². The summed E-state index contributed by atoms with van der Waals surface area (Å²) in [5.74, 6) is 0. The lowest BCUT2D eigenvalue weighted by atomic mass is 10.3. The number of hydrogen-bond acceptors (Lipinski definition) is 3. The van der Waals surface area contributed by atoms with Crippen LogP contribution in [-0.4, -0.2) is 29.0 Å². The van der Waals surface area contributed by atoms with E-state index in [0.717, 1.165) is 25.4 Å². The zero-order valence-corrected chi connectivity index (χ0v) is 11.6.